The van der Waals surface area contributed by atoms with Crippen LogP contribution in [0.3, 0.4) is 0 Å². The number of guanidine groups is 1. The normalized spacial score (nSPS) is 14.8. The van der Waals surface area contributed by atoms with Crippen molar-refractivity contribution in [3.05, 3.63) is 53.6 Å². The minimum atomic E-state index is -1.28. The van der Waals surface area contributed by atoms with Crippen LogP contribution in [-0.2, 0) is 9.53 Å². The number of aliphatic hydroxyl groups excluding tert-OH is 1. The molecule has 14 heteroatoms. The number of benzene rings is 2. The average Bonchev–Trinajstić information content (AvgIpc) is 2.88. The second kappa shape index (κ2) is 11.4. The number of nitrogens with two attached hydrogens (primary N) is 1. The number of amides is 1. The lowest BCUT2D eigenvalue weighted by Gasteiger charge is -2.27. The number of nitrogens with one attached hydrogen (secondary N) is 3. The summed E-state index contributed by atoms with van der Waals surface area (Å²) in [4.78, 5) is 33.9. The molecule has 1 aliphatic heterocycles. The monoisotopic (exact) mass is 561 g/mol. The molecule has 0 radical (unpaired) electrons. The van der Waals surface area contributed by atoms with Crippen LogP contribution in [0.25, 0.3) is 0 Å². The number of carbonyl (C=O) groups is 2. The first-order chi connectivity index (χ1) is 19.3. The summed E-state index contributed by atoms with van der Waals surface area (Å²) in [5, 5.41) is 32.3. The number of nitrogens with zero attached hydrogens (tertiary/aromatic N) is 3. The van der Waals surface area contributed by atoms with Gasteiger partial charge in [0.15, 0.2) is 17.4 Å². The largest absolute Gasteiger partial charge is 0.460 e. The SMILES string of the molecule is CC(O)C1Oc2nc(Oc3ccccc3NC(=N)N)nc(Oc3ccc(C#N)c(C(=O)OC(C)(C)C)c3)c2NC1=O. The number of para-hydroxylation sites is 2. The molecule has 3 aromatic rings. The zero-order chi connectivity index (χ0) is 29.9. The van der Waals surface area contributed by atoms with Gasteiger partial charge < -0.3 is 40.4 Å². The highest BCUT2D eigenvalue weighted by molar-refractivity contribution is 5.99. The minimum absolute atomic E-state index is 0.0435. The van der Waals surface area contributed by atoms with E-state index in [9.17, 15) is 20.0 Å². The highest BCUT2D eigenvalue weighted by atomic mass is 16.6. The molecule has 1 aliphatic rings. The molecular formula is C27H27N7O7. The Labute approximate surface area is 234 Å². The number of hydrogen-bond acceptors (Lipinski definition) is 11. The Kier molecular flexibility index (Phi) is 7.92. The molecule has 2 aromatic carbocycles. The summed E-state index contributed by atoms with van der Waals surface area (Å²) in [7, 11) is 0. The van der Waals surface area contributed by atoms with Gasteiger partial charge in [-0.1, -0.05) is 12.1 Å². The molecule has 212 valence electrons. The Balaban J connectivity index is 1.77. The maximum Gasteiger partial charge on any atom is 0.340 e. The predicted molar refractivity (Wildman–Crippen MR) is 145 cm³/mol. The van der Waals surface area contributed by atoms with Crippen LogP contribution in [0.1, 0.15) is 43.6 Å². The molecule has 14 nitrogen and oxygen atoms in total. The molecule has 0 bridgehead atoms. The Bertz CT molecular complexity index is 1560. The van der Waals surface area contributed by atoms with Gasteiger partial charge >= 0.3 is 12.0 Å². The van der Waals surface area contributed by atoms with E-state index in [1.165, 1.54) is 25.1 Å². The van der Waals surface area contributed by atoms with Crippen LogP contribution in [0.5, 0.6) is 29.3 Å². The summed E-state index contributed by atoms with van der Waals surface area (Å²) in [5.41, 5.74) is 4.95. The van der Waals surface area contributed by atoms with Crippen LogP contribution < -0.4 is 30.6 Å². The van der Waals surface area contributed by atoms with Crippen LogP contribution in [0.15, 0.2) is 42.5 Å². The van der Waals surface area contributed by atoms with Gasteiger partial charge in [-0.3, -0.25) is 10.2 Å². The van der Waals surface area contributed by atoms with E-state index in [1.807, 2.05) is 6.07 Å². The molecule has 41 heavy (non-hydrogen) atoms. The fourth-order valence-electron chi connectivity index (χ4n) is 3.60. The molecule has 1 amide bonds. The number of aromatic nitrogens is 2. The zero-order valence-corrected chi connectivity index (χ0v) is 22.5. The molecule has 0 aliphatic carbocycles. The van der Waals surface area contributed by atoms with E-state index < -0.39 is 29.7 Å². The molecule has 4 rings (SSSR count). The second-order valence-electron chi connectivity index (χ2n) is 9.82. The number of nitriles is 1. The average molecular weight is 562 g/mol. The first-order valence-electron chi connectivity index (χ1n) is 12.3. The van der Waals surface area contributed by atoms with Crippen molar-refractivity contribution in [1.29, 1.82) is 10.7 Å². The third kappa shape index (κ3) is 6.78. The zero-order valence-electron chi connectivity index (χ0n) is 22.5. The van der Waals surface area contributed by atoms with Crippen LogP contribution >= 0.6 is 0 Å². The van der Waals surface area contributed by atoms with E-state index in [1.54, 1.807) is 45.0 Å². The van der Waals surface area contributed by atoms with E-state index in [0.717, 1.165) is 0 Å². The van der Waals surface area contributed by atoms with E-state index in [4.69, 9.17) is 30.1 Å². The number of rotatable bonds is 7. The predicted octanol–water partition coefficient (Wildman–Crippen LogP) is 3.27. The molecular weight excluding hydrogens is 534 g/mol. The van der Waals surface area contributed by atoms with Crippen LogP contribution in [0.2, 0.25) is 0 Å². The Morgan fingerprint density at radius 2 is 1.98 bits per heavy atom. The standard InChI is InChI=1S/C27H27N7O7/c1-13(35)20-21(36)32-19-22(38-15-10-9-14(12-28)16(11-15)24(37)41-27(2,3)4)33-26(34-23(19)40-20)39-18-8-6-5-7-17(18)31-25(29)30/h5-11,13,20,35H,1-4H3,(H,32,36)(H4,29,30,31). The lowest BCUT2D eigenvalue weighted by Crippen LogP contribution is -2.44. The Hall–Kier alpha value is -5.42. The van der Waals surface area contributed by atoms with Gasteiger partial charge in [0.2, 0.25) is 12.0 Å². The van der Waals surface area contributed by atoms with Crippen molar-refractivity contribution >= 4 is 29.2 Å². The molecule has 6 N–H and O–H groups in total. The molecule has 1 aromatic heterocycles. The molecule has 2 atom stereocenters. The fourth-order valence-corrected chi connectivity index (χ4v) is 3.60. The van der Waals surface area contributed by atoms with Crippen molar-refractivity contribution in [2.75, 3.05) is 10.6 Å². The number of fused-ring (bicyclic) bond motifs is 1. The van der Waals surface area contributed by atoms with Crippen molar-refractivity contribution in [3.63, 3.8) is 0 Å². The summed E-state index contributed by atoms with van der Waals surface area (Å²) in [6.07, 6.45) is -2.46. The van der Waals surface area contributed by atoms with Crippen molar-refractivity contribution < 1.29 is 33.6 Å². The van der Waals surface area contributed by atoms with E-state index in [0.29, 0.717) is 5.69 Å². The lowest BCUT2D eigenvalue weighted by molar-refractivity contribution is -0.128. The number of esters is 1. The van der Waals surface area contributed by atoms with Gasteiger partial charge in [0.05, 0.1) is 22.9 Å². The van der Waals surface area contributed by atoms with E-state index >= 15 is 0 Å². The van der Waals surface area contributed by atoms with Crippen molar-refractivity contribution in [1.82, 2.24) is 9.97 Å². The van der Waals surface area contributed by atoms with Gasteiger partial charge in [-0.25, -0.2) is 4.79 Å². The summed E-state index contributed by atoms with van der Waals surface area (Å²) in [6.45, 7) is 6.46. The number of ether oxygens (including phenoxy) is 4. The summed E-state index contributed by atoms with van der Waals surface area (Å²) in [6, 6.07) is 12.3. The van der Waals surface area contributed by atoms with Gasteiger partial charge in [0.1, 0.15) is 17.4 Å². The number of hydrogen-bond donors (Lipinski definition) is 5. The molecule has 0 saturated heterocycles. The van der Waals surface area contributed by atoms with E-state index in [-0.39, 0.29) is 52.0 Å². The second-order valence-corrected chi connectivity index (χ2v) is 9.82. The fraction of sp³-hybridized carbons (Fsp3) is 0.259. The number of anilines is 2. The van der Waals surface area contributed by atoms with Gasteiger partial charge in [0, 0.05) is 0 Å². The summed E-state index contributed by atoms with van der Waals surface area (Å²) < 4.78 is 22.8. The maximum absolute atomic E-state index is 12.8. The van der Waals surface area contributed by atoms with Crippen LogP contribution in [0.4, 0.5) is 11.4 Å². The quantitative estimate of drug-likeness (QED) is 0.160. The number of aliphatic hydroxyl groups is 1. The van der Waals surface area contributed by atoms with Crippen molar-refractivity contribution in [2.45, 2.75) is 45.5 Å². The minimum Gasteiger partial charge on any atom is -0.460 e. The van der Waals surface area contributed by atoms with Gasteiger partial charge in [0.25, 0.3) is 11.8 Å². The molecule has 2 heterocycles. The van der Waals surface area contributed by atoms with Gasteiger partial charge in [-0.15, -0.1) is 0 Å². The Morgan fingerprint density at radius 1 is 1.24 bits per heavy atom. The first-order valence-corrected chi connectivity index (χ1v) is 12.3. The smallest absolute Gasteiger partial charge is 0.340 e. The van der Waals surface area contributed by atoms with Crippen molar-refractivity contribution in [2.24, 2.45) is 5.73 Å². The topological polar surface area (TPSA) is 215 Å². The molecule has 0 saturated carbocycles. The maximum atomic E-state index is 12.8. The molecule has 0 spiro atoms. The third-order valence-corrected chi connectivity index (χ3v) is 5.31. The lowest BCUT2D eigenvalue weighted by atomic mass is 10.1. The highest BCUT2D eigenvalue weighted by Crippen LogP contribution is 2.41. The number of carbonyl (C=O) groups excluding carboxylic acids is 2. The van der Waals surface area contributed by atoms with Crippen molar-refractivity contribution in [3.8, 4) is 35.3 Å². The van der Waals surface area contributed by atoms with Gasteiger partial charge in [-0.05, 0) is 58.0 Å². The third-order valence-electron chi connectivity index (χ3n) is 5.31. The summed E-state index contributed by atoms with van der Waals surface area (Å²) in [5.74, 6) is -1.84. The van der Waals surface area contributed by atoms with E-state index in [2.05, 4.69) is 20.6 Å². The summed E-state index contributed by atoms with van der Waals surface area (Å²) >= 11 is 0. The van der Waals surface area contributed by atoms with Crippen LogP contribution in [0, 0.1) is 16.7 Å². The molecule has 2 unspecified atom stereocenters. The van der Waals surface area contributed by atoms with Gasteiger partial charge in [-0.2, -0.15) is 15.2 Å². The Morgan fingerprint density at radius 3 is 2.63 bits per heavy atom. The highest BCUT2D eigenvalue weighted by Gasteiger charge is 2.36. The molecule has 0 fully saturated rings. The van der Waals surface area contributed by atoms with Crippen LogP contribution in [-0.4, -0.2) is 50.7 Å². The first kappa shape index (κ1) is 28.6.